The lowest BCUT2D eigenvalue weighted by atomic mass is 9.93. The molecular weight excluding hydrogens is 258 g/mol. The molecular formula is C10H23N3O4S. The van der Waals surface area contributed by atoms with E-state index in [1.807, 2.05) is 0 Å². The summed E-state index contributed by atoms with van der Waals surface area (Å²) in [5.74, 6) is -0.283. The van der Waals surface area contributed by atoms with Crippen molar-refractivity contribution in [3.05, 3.63) is 0 Å². The summed E-state index contributed by atoms with van der Waals surface area (Å²) in [7, 11) is -3.54. The van der Waals surface area contributed by atoms with Crippen LogP contribution in [0.1, 0.15) is 33.6 Å². The summed E-state index contributed by atoms with van der Waals surface area (Å²) >= 11 is 0. The van der Waals surface area contributed by atoms with E-state index in [0.717, 1.165) is 0 Å². The standard InChI is InChI=1S/C10H23N3O4S/c1-4-10(5-2,9(11)12-14)13-18(15,16)8-7-17-6-3/h13-14H,4-8H2,1-3H3,(H2,11,12). The number of nitrogens with two attached hydrogens (primary N) is 1. The minimum atomic E-state index is -3.54. The summed E-state index contributed by atoms with van der Waals surface area (Å²) in [6.07, 6.45) is 0.792. The van der Waals surface area contributed by atoms with Gasteiger partial charge in [0.2, 0.25) is 10.0 Å². The number of hydrogen-bond acceptors (Lipinski definition) is 5. The second-order valence-electron chi connectivity index (χ2n) is 3.89. The molecule has 0 heterocycles. The molecule has 0 aliphatic rings. The highest BCUT2D eigenvalue weighted by atomic mass is 32.2. The Balaban J connectivity index is 4.88. The lowest BCUT2D eigenvalue weighted by molar-refractivity contribution is 0.163. The Hall–Kier alpha value is -0.860. The third-order valence-electron chi connectivity index (χ3n) is 2.86. The summed E-state index contributed by atoms with van der Waals surface area (Å²) in [5, 5.41) is 11.7. The van der Waals surface area contributed by atoms with Crippen molar-refractivity contribution in [2.45, 2.75) is 39.2 Å². The van der Waals surface area contributed by atoms with Crippen molar-refractivity contribution in [1.29, 1.82) is 0 Å². The van der Waals surface area contributed by atoms with Crippen LogP contribution in [0.25, 0.3) is 0 Å². The second kappa shape index (κ2) is 7.55. The molecule has 8 heteroatoms. The van der Waals surface area contributed by atoms with Gasteiger partial charge in [-0.3, -0.25) is 0 Å². The van der Waals surface area contributed by atoms with E-state index in [9.17, 15) is 8.42 Å². The van der Waals surface area contributed by atoms with Gasteiger partial charge in [-0.15, -0.1) is 0 Å². The maximum absolute atomic E-state index is 11.9. The molecule has 0 bridgehead atoms. The molecule has 0 atom stereocenters. The number of sulfonamides is 1. The van der Waals surface area contributed by atoms with Crippen LogP contribution in [0.5, 0.6) is 0 Å². The van der Waals surface area contributed by atoms with Crippen molar-refractivity contribution in [3.63, 3.8) is 0 Å². The van der Waals surface area contributed by atoms with Crippen LogP contribution >= 0.6 is 0 Å². The van der Waals surface area contributed by atoms with Crippen LogP contribution in [0.2, 0.25) is 0 Å². The zero-order chi connectivity index (χ0) is 14.2. The molecule has 0 aliphatic heterocycles. The number of nitrogens with zero attached hydrogens (tertiary/aromatic N) is 1. The number of amidine groups is 1. The summed E-state index contributed by atoms with van der Waals surface area (Å²) in [6.45, 7) is 5.91. The minimum absolute atomic E-state index is 0.117. The maximum Gasteiger partial charge on any atom is 0.214 e. The Morgan fingerprint density at radius 2 is 1.94 bits per heavy atom. The van der Waals surface area contributed by atoms with Gasteiger partial charge in [-0.1, -0.05) is 19.0 Å². The number of rotatable bonds is 9. The zero-order valence-corrected chi connectivity index (χ0v) is 12.0. The van der Waals surface area contributed by atoms with Crippen LogP contribution in [-0.4, -0.2) is 44.0 Å². The number of oxime groups is 1. The van der Waals surface area contributed by atoms with E-state index in [0.29, 0.717) is 19.4 Å². The molecule has 0 radical (unpaired) electrons. The first-order valence-corrected chi connectivity index (χ1v) is 7.60. The van der Waals surface area contributed by atoms with Gasteiger partial charge < -0.3 is 15.7 Å². The lowest BCUT2D eigenvalue weighted by Gasteiger charge is -2.30. The Morgan fingerprint density at radius 3 is 2.33 bits per heavy atom. The van der Waals surface area contributed by atoms with E-state index >= 15 is 0 Å². The average molecular weight is 281 g/mol. The van der Waals surface area contributed by atoms with Gasteiger partial charge in [-0.25, -0.2) is 13.1 Å². The number of ether oxygens (including phenoxy) is 1. The van der Waals surface area contributed by atoms with Crippen LogP contribution in [0, 0.1) is 0 Å². The van der Waals surface area contributed by atoms with Gasteiger partial charge in [-0.05, 0) is 19.8 Å². The lowest BCUT2D eigenvalue weighted by Crippen LogP contribution is -2.57. The third kappa shape index (κ3) is 4.79. The van der Waals surface area contributed by atoms with Gasteiger partial charge >= 0.3 is 0 Å². The first-order valence-electron chi connectivity index (χ1n) is 5.94. The summed E-state index contributed by atoms with van der Waals surface area (Å²) < 4.78 is 31.3. The van der Waals surface area contributed by atoms with E-state index in [2.05, 4.69) is 9.88 Å². The second-order valence-corrected chi connectivity index (χ2v) is 5.73. The average Bonchev–Trinajstić information content (AvgIpc) is 2.35. The third-order valence-corrected chi connectivity index (χ3v) is 4.26. The number of hydrogen-bond donors (Lipinski definition) is 3. The Labute approximate surface area is 108 Å². The predicted octanol–water partition coefficient (Wildman–Crippen LogP) is 0.248. The SMILES string of the molecule is CCOCCS(=O)(=O)NC(CC)(CC)C(N)=NO. The highest BCUT2D eigenvalue weighted by Gasteiger charge is 2.35. The fourth-order valence-electron chi connectivity index (χ4n) is 1.57. The van der Waals surface area contributed by atoms with Crippen LogP contribution < -0.4 is 10.5 Å². The highest BCUT2D eigenvalue weighted by Crippen LogP contribution is 2.17. The molecule has 0 fully saturated rings. The Morgan fingerprint density at radius 1 is 1.39 bits per heavy atom. The normalized spacial score (nSPS) is 13.8. The Kier molecular flexibility index (Phi) is 7.19. The molecule has 0 aromatic carbocycles. The Bertz CT molecular complexity index is 363. The molecule has 4 N–H and O–H groups in total. The molecule has 0 amide bonds. The summed E-state index contributed by atoms with van der Waals surface area (Å²) in [5.41, 5.74) is 4.54. The van der Waals surface area contributed by atoms with Gasteiger partial charge in [-0.2, -0.15) is 0 Å². The van der Waals surface area contributed by atoms with Crippen LogP contribution in [0.4, 0.5) is 0 Å². The molecule has 0 aliphatic carbocycles. The smallest absolute Gasteiger partial charge is 0.214 e. The quantitative estimate of drug-likeness (QED) is 0.184. The largest absolute Gasteiger partial charge is 0.409 e. The molecule has 0 saturated carbocycles. The van der Waals surface area contributed by atoms with Crippen LogP contribution in [0.15, 0.2) is 5.16 Å². The van der Waals surface area contributed by atoms with E-state index in [1.165, 1.54) is 0 Å². The van der Waals surface area contributed by atoms with Gasteiger partial charge in [0.1, 0.15) is 0 Å². The topological polar surface area (TPSA) is 114 Å². The van der Waals surface area contributed by atoms with E-state index in [4.69, 9.17) is 15.7 Å². The predicted molar refractivity (Wildman–Crippen MR) is 70.1 cm³/mol. The van der Waals surface area contributed by atoms with Crippen LogP contribution in [-0.2, 0) is 14.8 Å². The molecule has 0 rings (SSSR count). The summed E-state index contributed by atoms with van der Waals surface area (Å²) in [4.78, 5) is 0. The molecule has 18 heavy (non-hydrogen) atoms. The molecule has 0 saturated heterocycles. The highest BCUT2D eigenvalue weighted by molar-refractivity contribution is 7.89. The van der Waals surface area contributed by atoms with E-state index in [1.54, 1.807) is 20.8 Å². The molecule has 7 nitrogen and oxygen atoms in total. The van der Waals surface area contributed by atoms with Crippen LogP contribution in [0.3, 0.4) is 0 Å². The molecule has 0 aromatic heterocycles. The minimum Gasteiger partial charge on any atom is -0.409 e. The van der Waals surface area contributed by atoms with Gasteiger partial charge in [0.05, 0.1) is 17.9 Å². The van der Waals surface area contributed by atoms with Crippen molar-refractivity contribution in [2.24, 2.45) is 10.9 Å². The van der Waals surface area contributed by atoms with Gasteiger partial charge in [0.15, 0.2) is 5.84 Å². The molecule has 108 valence electrons. The zero-order valence-electron chi connectivity index (χ0n) is 11.1. The first kappa shape index (κ1) is 17.1. The van der Waals surface area contributed by atoms with Crippen molar-refractivity contribution >= 4 is 15.9 Å². The van der Waals surface area contributed by atoms with Gasteiger partial charge in [0.25, 0.3) is 0 Å². The van der Waals surface area contributed by atoms with Crippen molar-refractivity contribution in [3.8, 4) is 0 Å². The van der Waals surface area contributed by atoms with Crippen molar-refractivity contribution in [1.82, 2.24) is 4.72 Å². The first-order chi connectivity index (χ1) is 8.37. The molecule has 0 spiro atoms. The van der Waals surface area contributed by atoms with E-state index < -0.39 is 15.6 Å². The van der Waals surface area contributed by atoms with E-state index in [-0.39, 0.29) is 18.2 Å². The molecule has 0 aromatic rings. The summed E-state index contributed by atoms with van der Waals surface area (Å²) in [6, 6.07) is 0. The molecule has 0 unspecified atom stereocenters. The monoisotopic (exact) mass is 281 g/mol. The fourth-order valence-corrected chi connectivity index (χ4v) is 2.99. The van der Waals surface area contributed by atoms with Crippen molar-refractivity contribution in [2.75, 3.05) is 19.0 Å². The fraction of sp³-hybridized carbons (Fsp3) is 0.900. The number of nitrogens with one attached hydrogen (secondary N) is 1. The van der Waals surface area contributed by atoms with Crippen molar-refractivity contribution < 1.29 is 18.4 Å². The maximum atomic E-state index is 11.9. The van der Waals surface area contributed by atoms with Gasteiger partial charge in [0, 0.05) is 6.61 Å².